The molecule has 0 spiro atoms. The average molecular weight is 399 g/mol. The zero-order chi connectivity index (χ0) is 19.8. The van der Waals surface area contributed by atoms with Gasteiger partial charge in [-0.1, -0.05) is 19.1 Å². The molecule has 1 N–H and O–H groups in total. The van der Waals surface area contributed by atoms with Crippen molar-refractivity contribution in [2.45, 2.75) is 39.5 Å². The number of thiocarbonyl (C=S) groups is 1. The number of benzene rings is 1. The molecule has 1 saturated heterocycles. The van der Waals surface area contributed by atoms with E-state index in [1.54, 1.807) is 12.1 Å². The Labute approximate surface area is 171 Å². The fourth-order valence-electron chi connectivity index (χ4n) is 4.93. The summed E-state index contributed by atoms with van der Waals surface area (Å²) in [4.78, 5) is 19.5. The van der Waals surface area contributed by atoms with Crippen molar-refractivity contribution in [3.8, 4) is 0 Å². The average Bonchev–Trinajstić information content (AvgIpc) is 3.02. The molecule has 4 rings (SSSR count). The summed E-state index contributed by atoms with van der Waals surface area (Å²) < 4.78 is 13.0. The maximum atomic E-state index is 13.0. The van der Waals surface area contributed by atoms with Gasteiger partial charge in [0.2, 0.25) is 0 Å². The molecule has 0 radical (unpaired) electrons. The number of likely N-dealkylation sites (tertiary alicyclic amines) is 1. The number of aromatic nitrogens is 1. The largest absolute Gasteiger partial charge is 0.362 e. The van der Waals surface area contributed by atoms with Crippen molar-refractivity contribution >= 4 is 22.9 Å². The molecule has 148 valence electrons. The van der Waals surface area contributed by atoms with Gasteiger partial charge < -0.3 is 9.88 Å². The van der Waals surface area contributed by atoms with E-state index in [2.05, 4.69) is 23.7 Å². The Morgan fingerprint density at radius 2 is 2.07 bits per heavy atom. The Hall–Kier alpha value is -1.85. The van der Waals surface area contributed by atoms with Gasteiger partial charge in [0, 0.05) is 52.8 Å². The monoisotopic (exact) mass is 398 g/mol. The van der Waals surface area contributed by atoms with Crippen molar-refractivity contribution in [1.29, 1.82) is 0 Å². The summed E-state index contributed by atoms with van der Waals surface area (Å²) in [6, 6.07) is 5.84. The highest BCUT2D eigenvalue weighted by molar-refractivity contribution is 7.80. The summed E-state index contributed by atoms with van der Waals surface area (Å²) >= 11 is 5.95. The lowest BCUT2D eigenvalue weighted by molar-refractivity contribution is 0.0938. The molecule has 1 fully saturated rings. The smallest absolute Gasteiger partial charge is 0.164 e. The normalized spacial score (nSPS) is 22.0. The third-order valence-electron chi connectivity index (χ3n) is 6.46. The maximum Gasteiger partial charge on any atom is 0.164 e. The first-order chi connectivity index (χ1) is 13.5. The summed E-state index contributed by atoms with van der Waals surface area (Å²) in [7, 11) is 0. The standard InChI is InChI=1S/C23H27FN2OS/c1-3-18-14(2)25-20-12-16-8-10-26(13-19(16)23(28)22(18)20)11-9-21(27)15-4-6-17(24)7-5-15/h4-7,16,19,25H,3,8-13H2,1-2H3. The quantitative estimate of drug-likeness (QED) is 0.595. The van der Waals surface area contributed by atoms with Gasteiger partial charge in [-0.2, -0.15) is 0 Å². The van der Waals surface area contributed by atoms with Crippen molar-refractivity contribution < 1.29 is 9.18 Å². The number of hydrogen-bond donors (Lipinski definition) is 1. The summed E-state index contributed by atoms with van der Waals surface area (Å²) in [5, 5.41) is 0. The Bertz CT molecular complexity index is 902. The number of nitrogens with zero attached hydrogens (tertiary/aromatic N) is 1. The van der Waals surface area contributed by atoms with Crippen LogP contribution >= 0.6 is 12.2 Å². The Morgan fingerprint density at radius 1 is 1.32 bits per heavy atom. The lowest BCUT2D eigenvalue weighted by Crippen LogP contribution is -2.47. The van der Waals surface area contributed by atoms with Crippen LogP contribution < -0.4 is 0 Å². The van der Waals surface area contributed by atoms with E-state index in [1.165, 1.54) is 34.6 Å². The second-order valence-electron chi connectivity index (χ2n) is 8.14. The molecule has 2 aromatic rings. The van der Waals surface area contributed by atoms with Gasteiger partial charge in [-0.25, -0.2) is 4.39 Å². The first-order valence-electron chi connectivity index (χ1n) is 10.2. The number of halogens is 1. The fraction of sp³-hybridized carbons (Fsp3) is 0.478. The molecule has 2 atom stereocenters. The zero-order valence-electron chi connectivity index (χ0n) is 16.6. The number of nitrogens with one attached hydrogen (secondary N) is 1. The van der Waals surface area contributed by atoms with Crippen LogP contribution in [0.15, 0.2) is 24.3 Å². The predicted octanol–water partition coefficient (Wildman–Crippen LogP) is 4.51. The molecule has 0 saturated carbocycles. The van der Waals surface area contributed by atoms with Crippen LogP contribution in [0, 0.1) is 24.6 Å². The minimum absolute atomic E-state index is 0.0742. The van der Waals surface area contributed by atoms with Crippen LogP contribution in [0.4, 0.5) is 4.39 Å². The molecule has 1 aliphatic carbocycles. The lowest BCUT2D eigenvalue weighted by Gasteiger charge is -2.41. The molecule has 1 aromatic carbocycles. The third kappa shape index (κ3) is 3.58. The minimum Gasteiger partial charge on any atom is -0.362 e. The summed E-state index contributed by atoms with van der Waals surface area (Å²) in [5.41, 5.74) is 5.86. The number of aryl methyl sites for hydroxylation is 1. The molecular formula is C23H27FN2OS. The Balaban J connectivity index is 1.42. The summed E-state index contributed by atoms with van der Waals surface area (Å²) in [6.07, 6.45) is 3.67. The molecular weight excluding hydrogens is 371 g/mol. The number of piperidine rings is 1. The molecule has 28 heavy (non-hydrogen) atoms. The zero-order valence-corrected chi connectivity index (χ0v) is 17.4. The predicted molar refractivity (Wildman–Crippen MR) is 114 cm³/mol. The van der Waals surface area contributed by atoms with Crippen LogP contribution in [0.2, 0.25) is 0 Å². The van der Waals surface area contributed by atoms with Crippen molar-refractivity contribution in [3.63, 3.8) is 0 Å². The van der Waals surface area contributed by atoms with Gasteiger partial charge in [-0.15, -0.1) is 0 Å². The van der Waals surface area contributed by atoms with Gasteiger partial charge in [0.05, 0.1) is 0 Å². The molecule has 1 aromatic heterocycles. The van der Waals surface area contributed by atoms with Crippen molar-refractivity contribution in [2.24, 2.45) is 11.8 Å². The van der Waals surface area contributed by atoms with Gasteiger partial charge in [0.15, 0.2) is 5.78 Å². The SMILES string of the molecule is CCc1c(C)[nH]c2c1C(=S)C1CN(CCC(=O)c3ccc(F)cc3)CCC1C2. The van der Waals surface area contributed by atoms with E-state index >= 15 is 0 Å². The lowest BCUT2D eigenvalue weighted by atomic mass is 9.73. The third-order valence-corrected chi connectivity index (χ3v) is 6.97. The first kappa shape index (κ1) is 19.5. The van der Waals surface area contributed by atoms with Crippen LogP contribution in [0.5, 0.6) is 0 Å². The molecule has 3 nitrogen and oxygen atoms in total. The van der Waals surface area contributed by atoms with E-state index < -0.39 is 0 Å². The number of fused-ring (bicyclic) bond motifs is 2. The molecule has 0 amide bonds. The van der Waals surface area contributed by atoms with E-state index in [-0.39, 0.29) is 11.6 Å². The van der Waals surface area contributed by atoms with E-state index in [1.807, 2.05) is 0 Å². The number of rotatable bonds is 5. The van der Waals surface area contributed by atoms with E-state index in [4.69, 9.17) is 12.2 Å². The number of aromatic amines is 1. The first-order valence-corrected chi connectivity index (χ1v) is 10.6. The number of carbonyl (C=O) groups excluding carboxylic acids is 1. The van der Waals surface area contributed by atoms with Gasteiger partial charge in [-0.05, 0) is 68.5 Å². The highest BCUT2D eigenvalue weighted by atomic mass is 32.1. The molecule has 2 unspecified atom stereocenters. The topological polar surface area (TPSA) is 36.1 Å². The Kier molecular flexibility index (Phi) is 5.48. The van der Waals surface area contributed by atoms with Crippen LogP contribution in [0.25, 0.3) is 0 Å². The second kappa shape index (κ2) is 7.88. The molecule has 0 bridgehead atoms. The highest BCUT2D eigenvalue weighted by Crippen LogP contribution is 2.38. The Morgan fingerprint density at radius 3 is 2.79 bits per heavy atom. The molecule has 2 aliphatic rings. The van der Waals surface area contributed by atoms with Gasteiger partial charge in [0.25, 0.3) is 0 Å². The van der Waals surface area contributed by atoms with Crippen LogP contribution in [0.3, 0.4) is 0 Å². The van der Waals surface area contributed by atoms with Gasteiger partial charge in [0.1, 0.15) is 5.82 Å². The van der Waals surface area contributed by atoms with Gasteiger partial charge >= 0.3 is 0 Å². The molecule has 1 aliphatic heterocycles. The minimum atomic E-state index is -0.310. The van der Waals surface area contributed by atoms with E-state index in [0.29, 0.717) is 23.8 Å². The van der Waals surface area contributed by atoms with E-state index in [0.717, 1.165) is 43.8 Å². The fourth-order valence-corrected chi connectivity index (χ4v) is 5.44. The van der Waals surface area contributed by atoms with Crippen LogP contribution in [-0.4, -0.2) is 40.2 Å². The maximum absolute atomic E-state index is 13.0. The number of ketones is 1. The second-order valence-corrected chi connectivity index (χ2v) is 8.58. The van der Waals surface area contributed by atoms with Crippen molar-refractivity contribution in [3.05, 3.63) is 58.2 Å². The van der Waals surface area contributed by atoms with E-state index in [9.17, 15) is 9.18 Å². The molecule has 2 heterocycles. The van der Waals surface area contributed by atoms with Gasteiger partial charge in [-0.3, -0.25) is 4.79 Å². The van der Waals surface area contributed by atoms with Crippen LogP contribution in [0.1, 0.15) is 52.6 Å². The number of hydrogen-bond acceptors (Lipinski definition) is 3. The number of Topliss-reactive ketones (excluding diaryl/α,β-unsaturated/α-hetero) is 1. The number of H-pyrrole nitrogens is 1. The molecule has 5 heteroatoms. The summed E-state index contributed by atoms with van der Waals surface area (Å²) in [5.74, 6) is 0.768. The number of carbonyl (C=O) groups is 1. The van der Waals surface area contributed by atoms with Crippen molar-refractivity contribution in [2.75, 3.05) is 19.6 Å². The van der Waals surface area contributed by atoms with Crippen molar-refractivity contribution in [1.82, 2.24) is 9.88 Å². The van der Waals surface area contributed by atoms with Crippen LogP contribution in [-0.2, 0) is 12.8 Å². The summed E-state index contributed by atoms with van der Waals surface area (Å²) in [6.45, 7) is 7.03. The highest BCUT2D eigenvalue weighted by Gasteiger charge is 2.39.